The van der Waals surface area contributed by atoms with E-state index >= 15 is 0 Å². The van der Waals surface area contributed by atoms with Gasteiger partial charge in [0.05, 0.1) is 15.1 Å². The predicted molar refractivity (Wildman–Crippen MR) is 90.7 cm³/mol. The van der Waals surface area contributed by atoms with Crippen molar-refractivity contribution in [2.45, 2.75) is 11.8 Å². The highest BCUT2D eigenvalue weighted by molar-refractivity contribution is 7.89. The number of aromatic nitrogens is 1. The van der Waals surface area contributed by atoms with Gasteiger partial charge in [-0.2, -0.15) is 0 Å². The van der Waals surface area contributed by atoms with Gasteiger partial charge in [0, 0.05) is 6.92 Å². The van der Waals surface area contributed by atoms with Crippen LogP contribution in [0, 0.1) is 0 Å². The van der Waals surface area contributed by atoms with E-state index in [4.69, 9.17) is 5.14 Å². The minimum atomic E-state index is -3.74. The summed E-state index contributed by atoms with van der Waals surface area (Å²) in [4.78, 5) is 15.5. The molecule has 0 aliphatic carbocycles. The molecule has 0 radical (unpaired) electrons. The molecule has 0 fully saturated rings. The van der Waals surface area contributed by atoms with Crippen LogP contribution in [0.25, 0.3) is 21.3 Å². The van der Waals surface area contributed by atoms with Crippen LogP contribution in [0.15, 0.2) is 47.4 Å². The van der Waals surface area contributed by atoms with E-state index < -0.39 is 10.0 Å². The number of amides is 1. The molecule has 6 nitrogen and oxygen atoms in total. The van der Waals surface area contributed by atoms with Crippen LogP contribution >= 0.6 is 11.3 Å². The highest BCUT2D eigenvalue weighted by Crippen LogP contribution is 2.31. The zero-order valence-electron chi connectivity index (χ0n) is 12.1. The van der Waals surface area contributed by atoms with Crippen LogP contribution in [-0.4, -0.2) is 19.3 Å². The number of nitrogens with one attached hydrogen (secondary N) is 1. The van der Waals surface area contributed by atoms with Crippen LogP contribution in [0.3, 0.4) is 0 Å². The molecule has 0 spiro atoms. The van der Waals surface area contributed by atoms with Crippen LogP contribution < -0.4 is 10.5 Å². The maximum absolute atomic E-state index is 11.5. The van der Waals surface area contributed by atoms with Crippen LogP contribution in [0.1, 0.15) is 6.92 Å². The monoisotopic (exact) mass is 347 g/mol. The fraction of sp³-hybridized carbons (Fsp3) is 0.0667. The van der Waals surface area contributed by atoms with Gasteiger partial charge in [-0.05, 0) is 35.4 Å². The average Bonchev–Trinajstić information content (AvgIpc) is 2.86. The summed E-state index contributed by atoms with van der Waals surface area (Å²) in [6.07, 6.45) is 0. The molecule has 0 saturated heterocycles. The average molecular weight is 347 g/mol. The summed E-state index contributed by atoms with van der Waals surface area (Å²) >= 11 is 1.36. The molecule has 1 heterocycles. The third-order valence-electron chi connectivity index (χ3n) is 3.17. The largest absolute Gasteiger partial charge is 0.302 e. The normalized spacial score (nSPS) is 11.6. The first-order chi connectivity index (χ1) is 10.8. The lowest BCUT2D eigenvalue weighted by atomic mass is 10.1. The number of nitrogens with zero attached hydrogens (tertiary/aromatic N) is 1. The minimum Gasteiger partial charge on any atom is -0.302 e. The van der Waals surface area contributed by atoms with Crippen molar-refractivity contribution >= 4 is 42.6 Å². The van der Waals surface area contributed by atoms with Gasteiger partial charge in [0.25, 0.3) is 0 Å². The number of nitrogens with two attached hydrogens (primary N) is 1. The Morgan fingerprint density at radius 2 is 1.91 bits per heavy atom. The van der Waals surface area contributed by atoms with Gasteiger partial charge in [-0.15, -0.1) is 0 Å². The van der Waals surface area contributed by atoms with Gasteiger partial charge in [-0.25, -0.2) is 18.5 Å². The second-order valence-electron chi connectivity index (χ2n) is 4.96. The number of thiazole rings is 1. The van der Waals surface area contributed by atoms with E-state index in [1.807, 2.05) is 24.3 Å². The number of rotatable bonds is 3. The van der Waals surface area contributed by atoms with Crippen LogP contribution in [-0.2, 0) is 14.8 Å². The van der Waals surface area contributed by atoms with E-state index in [-0.39, 0.29) is 10.8 Å². The number of fused-ring (bicyclic) bond motifs is 1. The number of sulfonamides is 1. The van der Waals surface area contributed by atoms with Gasteiger partial charge < -0.3 is 5.32 Å². The van der Waals surface area contributed by atoms with Gasteiger partial charge in [-0.1, -0.05) is 29.5 Å². The SMILES string of the molecule is CC(=O)Nc1nc2ccc(-c3cccc(S(N)(=O)=O)c3)cc2s1. The lowest BCUT2D eigenvalue weighted by Gasteiger charge is -2.04. The lowest BCUT2D eigenvalue weighted by Crippen LogP contribution is -2.11. The standard InChI is InChI=1S/C15H13N3O3S2/c1-9(19)17-15-18-13-6-5-11(8-14(13)22-15)10-3-2-4-12(7-10)23(16,20)21/h2-8H,1H3,(H2,16,20,21)(H,17,18,19). The Morgan fingerprint density at radius 3 is 2.61 bits per heavy atom. The van der Waals surface area contributed by atoms with E-state index in [2.05, 4.69) is 10.3 Å². The number of anilines is 1. The van der Waals surface area contributed by atoms with Crippen molar-refractivity contribution < 1.29 is 13.2 Å². The smallest absolute Gasteiger partial charge is 0.238 e. The highest BCUT2D eigenvalue weighted by atomic mass is 32.2. The quantitative estimate of drug-likeness (QED) is 0.760. The Kier molecular flexibility index (Phi) is 3.88. The fourth-order valence-corrected chi connectivity index (χ4v) is 3.67. The van der Waals surface area contributed by atoms with Crippen molar-refractivity contribution in [1.29, 1.82) is 0 Å². The molecule has 3 aromatic rings. The van der Waals surface area contributed by atoms with Crippen molar-refractivity contribution in [3.63, 3.8) is 0 Å². The van der Waals surface area contributed by atoms with E-state index in [1.165, 1.54) is 30.4 Å². The van der Waals surface area contributed by atoms with Gasteiger partial charge in [0.2, 0.25) is 15.9 Å². The third kappa shape index (κ3) is 3.39. The van der Waals surface area contributed by atoms with Gasteiger partial charge in [0.1, 0.15) is 0 Å². The molecule has 2 aromatic carbocycles. The number of hydrogen-bond donors (Lipinski definition) is 2. The topological polar surface area (TPSA) is 102 Å². The summed E-state index contributed by atoms with van der Waals surface area (Å²) in [6, 6.07) is 12.0. The molecule has 3 rings (SSSR count). The van der Waals surface area contributed by atoms with E-state index in [1.54, 1.807) is 6.07 Å². The number of carbonyl (C=O) groups excluding carboxylic acids is 1. The van der Waals surface area contributed by atoms with Crippen LogP contribution in [0.2, 0.25) is 0 Å². The summed E-state index contributed by atoms with van der Waals surface area (Å²) in [6.45, 7) is 1.43. The Balaban J connectivity index is 2.05. The van der Waals surface area contributed by atoms with Gasteiger partial charge in [0.15, 0.2) is 5.13 Å². The van der Waals surface area contributed by atoms with E-state index in [0.29, 0.717) is 5.13 Å². The molecule has 118 valence electrons. The molecule has 3 N–H and O–H groups in total. The number of carbonyl (C=O) groups is 1. The number of hydrogen-bond acceptors (Lipinski definition) is 5. The molecular weight excluding hydrogens is 334 g/mol. The zero-order chi connectivity index (χ0) is 16.6. The summed E-state index contributed by atoms with van der Waals surface area (Å²) in [7, 11) is -3.74. The summed E-state index contributed by atoms with van der Waals surface area (Å²) in [5, 5.41) is 8.35. The maximum atomic E-state index is 11.5. The lowest BCUT2D eigenvalue weighted by molar-refractivity contribution is -0.114. The van der Waals surface area contributed by atoms with E-state index in [9.17, 15) is 13.2 Å². The fourth-order valence-electron chi connectivity index (χ4n) is 2.16. The molecule has 0 bridgehead atoms. The highest BCUT2D eigenvalue weighted by Gasteiger charge is 2.10. The molecule has 0 atom stereocenters. The first kappa shape index (κ1) is 15.6. The van der Waals surface area contributed by atoms with Crippen molar-refractivity contribution in [3.05, 3.63) is 42.5 Å². The first-order valence-electron chi connectivity index (χ1n) is 6.64. The minimum absolute atomic E-state index is 0.0679. The first-order valence-corrected chi connectivity index (χ1v) is 9.00. The second-order valence-corrected chi connectivity index (χ2v) is 7.55. The summed E-state index contributed by atoms with van der Waals surface area (Å²) in [5.74, 6) is -0.176. The van der Waals surface area contributed by atoms with Crippen molar-refractivity contribution in [2.75, 3.05) is 5.32 Å². The molecule has 1 aromatic heterocycles. The molecular formula is C15H13N3O3S2. The maximum Gasteiger partial charge on any atom is 0.238 e. The van der Waals surface area contributed by atoms with Crippen molar-refractivity contribution in [1.82, 2.24) is 4.98 Å². The zero-order valence-corrected chi connectivity index (χ0v) is 13.7. The van der Waals surface area contributed by atoms with Crippen molar-refractivity contribution in [3.8, 4) is 11.1 Å². The molecule has 0 saturated carbocycles. The predicted octanol–water partition coefficient (Wildman–Crippen LogP) is 2.57. The van der Waals surface area contributed by atoms with Gasteiger partial charge >= 0.3 is 0 Å². The summed E-state index contributed by atoms with van der Waals surface area (Å²) in [5.41, 5.74) is 2.36. The molecule has 0 aliphatic rings. The molecule has 23 heavy (non-hydrogen) atoms. The van der Waals surface area contributed by atoms with Gasteiger partial charge in [-0.3, -0.25) is 4.79 Å². The Hall–Kier alpha value is -2.29. The van der Waals surface area contributed by atoms with Crippen LogP contribution in [0.5, 0.6) is 0 Å². The molecule has 0 aliphatic heterocycles. The molecule has 0 unspecified atom stereocenters. The second kappa shape index (κ2) is 5.73. The Morgan fingerprint density at radius 1 is 1.17 bits per heavy atom. The van der Waals surface area contributed by atoms with E-state index in [0.717, 1.165) is 21.3 Å². The molecule has 1 amide bonds. The number of primary sulfonamides is 1. The number of benzene rings is 2. The Bertz CT molecular complexity index is 1010. The molecule has 8 heteroatoms. The van der Waals surface area contributed by atoms with Crippen molar-refractivity contribution in [2.24, 2.45) is 5.14 Å². The third-order valence-corrected chi connectivity index (χ3v) is 5.01. The van der Waals surface area contributed by atoms with Crippen LogP contribution in [0.4, 0.5) is 5.13 Å². The Labute approximate surface area is 137 Å². The summed E-state index contributed by atoms with van der Waals surface area (Å²) < 4.78 is 23.8.